The van der Waals surface area contributed by atoms with Crippen molar-refractivity contribution in [2.75, 3.05) is 43.9 Å². The molecular formula is C13H18N4S. The Morgan fingerprint density at radius 1 is 1.22 bits per heavy atom. The van der Waals surface area contributed by atoms with Crippen LogP contribution in [0.1, 0.15) is 5.01 Å². The van der Waals surface area contributed by atoms with Crippen LogP contribution >= 0.6 is 11.3 Å². The van der Waals surface area contributed by atoms with E-state index in [4.69, 9.17) is 5.73 Å². The molecule has 1 aromatic carbocycles. The number of thiazole rings is 1. The van der Waals surface area contributed by atoms with E-state index in [1.807, 2.05) is 6.92 Å². The summed E-state index contributed by atoms with van der Waals surface area (Å²) in [5, 5.41) is 1.10. The first kappa shape index (κ1) is 11.7. The SMILES string of the molecule is Cc1nc2cc(N3CCN(C)CC3)c(N)cc2s1. The average Bonchev–Trinajstić information content (AvgIpc) is 2.68. The molecule has 0 saturated carbocycles. The fourth-order valence-electron chi connectivity index (χ4n) is 2.41. The number of rotatable bonds is 1. The highest BCUT2D eigenvalue weighted by Crippen LogP contribution is 2.32. The third-order valence-electron chi connectivity index (χ3n) is 3.49. The molecule has 2 heterocycles. The highest BCUT2D eigenvalue weighted by atomic mass is 32.1. The van der Waals surface area contributed by atoms with Crippen LogP contribution in [0.15, 0.2) is 12.1 Å². The van der Waals surface area contributed by atoms with Crippen molar-refractivity contribution in [1.82, 2.24) is 9.88 Å². The molecule has 0 aliphatic carbocycles. The second kappa shape index (κ2) is 4.40. The highest BCUT2D eigenvalue weighted by molar-refractivity contribution is 7.18. The minimum absolute atomic E-state index is 0.871. The van der Waals surface area contributed by atoms with E-state index in [-0.39, 0.29) is 0 Å². The van der Waals surface area contributed by atoms with Crippen molar-refractivity contribution < 1.29 is 0 Å². The summed E-state index contributed by atoms with van der Waals surface area (Å²) in [4.78, 5) is 9.26. The number of nitrogens with zero attached hydrogens (tertiary/aromatic N) is 3. The molecule has 18 heavy (non-hydrogen) atoms. The molecule has 1 fully saturated rings. The number of piperazine rings is 1. The molecule has 1 aromatic heterocycles. The second-order valence-corrected chi connectivity index (χ2v) is 6.14. The first-order valence-electron chi connectivity index (χ1n) is 6.23. The minimum Gasteiger partial charge on any atom is -0.397 e. The molecule has 1 aliphatic heterocycles. The summed E-state index contributed by atoms with van der Waals surface area (Å²) < 4.78 is 1.18. The third kappa shape index (κ3) is 2.04. The van der Waals surface area contributed by atoms with Crippen LogP contribution in [-0.2, 0) is 0 Å². The summed E-state index contributed by atoms with van der Waals surface area (Å²) >= 11 is 1.70. The zero-order valence-corrected chi connectivity index (χ0v) is 11.6. The third-order valence-corrected chi connectivity index (χ3v) is 4.42. The van der Waals surface area contributed by atoms with Crippen LogP contribution in [0.3, 0.4) is 0 Å². The number of nitrogen functional groups attached to an aromatic ring is 1. The van der Waals surface area contributed by atoms with Gasteiger partial charge in [0, 0.05) is 26.2 Å². The summed E-state index contributed by atoms with van der Waals surface area (Å²) in [7, 11) is 2.16. The second-order valence-electron chi connectivity index (χ2n) is 4.90. The van der Waals surface area contributed by atoms with Gasteiger partial charge in [-0.2, -0.15) is 0 Å². The average molecular weight is 262 g/mol. The van der Waals surface area contributed by atoms with Gasteiger partial charge in [0.1, 0.15) is 0 Å². The van der Waals surface area contributed by atoms with Crippen LogP contribution < -0.4 is 10.6 Å². The standard InChI is InChI=1S/C13H18N4S/c1-9-15-11-8-12(10(14)7-13(11)18-9)17-5-3-16(2)4-6-17/h7-8H,3-6,14H2,1-2H3. The Bertz CT molecular complexity index is 570. The van der Waals surface area contributed by atoms with Crippen molar-refractivity contribution in [3.8, 4) is 0 Å². The molecular weight excluding hydrogens is 244 g/mol. The van der Waals surface area contributed by atoms with Crippen molar-refractivity contribution in [3.63, 3.8) is 0 Å². The molecule has 0 bridgehead atoms. The molecule has 96 valence electrons. The Morgan fingerprint density at radius 2 is 1.94 bits per heavy atom. The summed E-state index contributed by atoms with van der Waals surface area (Å²) in [6.45, 7) is 6.29. The van der Waals surface area contributed by atoms with E-state index in [2.05, 4.69) is 34.0 Å². The predicted molar refractivity (Wildman–Crippen MR) is 78.5 cm³/mol. The fourth-order valence-corrected chi connectivity index (χ4v) is 3.27. The molecule has 0 atom stereocenters. The van der Waals surface area contributed by atoms with Gasteiger partial charge in [0.05, 0.1) is 26.6 Å². The first-order chi connectivity index (χ1) is 8.63. The highest BCUT2D eigenvalue weighted by Gasteiger charge is 2.17. The van der Waals surface area contributed by atoms with Gasteiger partial charge in [0.15, 0.2) is 0 Å². The molecule has 5 heteroatoms. The van der Waals surface area contributed by atoms with E-state index in [9.17, 15) is 0 Å². The van der Waals surface area contributed by atoms with Crippen LogP contribution in [-0.4, -0.2) is 43.1 Å². The Hall–Kier alpha value is -1.33. The molecule has 0 amide bonds. The van der Waals surface area contributed by atoms with Crippen molar-refractivity contribution >= 4 is 32.9 Å². The fraction of sp³-hybridized carbons (Fsp3) is 0.462. The predicted octanol–water partition coefficient (Wildman–Crippen LogP) is 1.94. The van der Waals surface area contributed by atoms with Gasteiger partial charge < -0.3 is 15.5 Å². The summed E-state index contributed by atoms with van der Waals surface area (Å²) in [6, 6.07) is 4.20. The summed E-state index contributed by atoms with van der Waals surface area (Å²) in [6.07, 6.45) is 0. The maximum atomic E-state index is 6.19. The van der Waals surface area contributed by atoms with Crippen LogP contribution in [0.5, 0.6) is 0 Å². The number of likely N-dealkylation sites (N-methyl/N-ethyl adjacent to an activating group) is 1. The lowest BCUT2D eigenvalue weighted by Gasteiger charge is -2.34. The van der Waals surface area contributed by atoms with Crippen molar-refractivity contribution in [1.29, 1.82) is 0 Å². The van der Waals surface area contributed by atoms with Crippen LogP contribution in [0.25, 0.3) is 10.2 Å². The quantitative estimate of drug-likeness (QED) is 0.798. The van der Waals surface area contributed by atoms with E-state index in [0.29, 0.717) is 0 Å². The maximum Gasteiger partial charge on any atom is 0.0907 e. The van der Waals surface area contributed by atoms with Gasteiger partial charge in [0.2, 0.25) is 0 Å². The molecule has 3 rings (SSSR count). The molecule has 1 aliphatic rings. The molecule has 0 unspecified atom stereocenters. The van der Waals surface area contributed by atoms with Crippen molar-refractivity contribution in [3.05, 3.63) is 17.1 Å². The summed E-state index contributed by atoms with van der Waals surface area (Å²) in [5.74, 6) is 0. The normalized spacial score (nSPS) is 17.6. The molecule has 0 radical (unpaired) electrons. The lowest BCUT2D eigenvalue weighted by atomic mass is 10.2. The minimum atomic E-state index is 0.871. The summed E-state index contributed by atoms with van der Waals surface area (Å²) in [5.41, 5.74) is 9.27. The van der Waals surface area contributed by atoms with E-state index < -0.39 is 0 Å². The van der Waals surface area contributed by atoms with Crippen LogP contribution in [0.2, 0.25) is 0 Å². The lowest BCUT2D eigenvalue weighted by Crippen LogP contribution is -2.44. The Labute approximate surface area is 111 Å². The van der Waals surface area contributed by atoms with Gasteiger partial charge in [-0.3, -0.25) is 0 Å². The number of benzene rings is 1. The number of nitrogens with two attached hydrogens (primary N) is 1. The number of aryl methyl sites for hydroxylation is 1. The lowest BCUT2D eigenvalue weighted by molar-refractivity contribution is 0.313. The van der Waals surface area contributed by atoms with Crippen molar-refractivity contribution in [2.45, 2.75) is 6.92 Å². The van der Waals surface area contributed by atoms with E-state index >= 15 is 0 Å². The monoisotopic (exact) mass is 262 g/mol. The van der Waals surface area contributed by atoms with Gasteiger partial charge in [-0.1, -0.05) is 0 Å². The zero-order chi connectivity index (χ0) is 12.7. The van der Waals surface area contributed by atoms with E-state index in [1.165, 1.54) is 4.70 Å². The zero-order valence-electron chi connectivity index (χ0n) is 10.8. The van der Waals surface area contributed by atoms with Gasteiger partial charge >= 0.3 is 0 Å². The molecule has 2 N–H and O–H groups in total. The number of fused-ring (bicyclic) bond motifs is 1. The van der Waals surface area contributed by atoms with Gasteiger partial charge in [-0.05, 0) is 26.1 Å². The molecule has 1 saturated heterocycles. The van der Waals surface area contributed by atoms with E-state index in [1.54, 1.807) is 11.3 Å². The number of hydrogen-bond donors (Lipinski definition) is 1. The first-order valence-corrected chi connectivity index (χ1v) is 7.05. The number of aromatic nitrogens is 1. The Morgan fingerprint density at radius 3 is 2.67 bits per heavy atom. The van der Waals surface area contributed by atoms with E-state index in [0.717, 1.165) is 48.1 Å². The number of anilines is 2. The Balaban J connectivity index is 1.98. The smallest absolute Gasteiger partial charge is 0.0907 e. The van der Waals surface area contributed by atoms with Crippen LogP contribution in [0, 0.1) is 6.92 Å². The Kier molecular flexibility index (Phi) is 2.87. The number of hydrogen-bond acceptors (Lipinski definition) is 5. The molecule has 4 nitrogen and oxygen atoms in total. The molecule has 2 aromatic rings. The van der Waals surface area contributed by atoms with Gasteiger partial charge in [-0.25, -0.2) is 4.98 Å². The maximum absolute atomic E-state index is 6.19. The van der Waals surface area contributed by atoms with Gasteiger partial charge in [0.25, 0.3) is 0 Å². The van der Waals surface area contributed by atoms with Gasteiger partial charge in [-0.15, -0.1) is 11.3 Å². The topological polar surface area (TPSA) is 45.4 Å². The van der Waals surface area contributed by atoms with Crippen LogP contribution in [0.4, 0.5) is 11.4 Å². The molecule has 0 spiro atoms. The largest absolute Gasteiger partial charge is 0.397 e. The van der Waals surface area contributed by atoms with Crippen molar-refractivity contribution in [2.24, 2.45) is 0 Å².